The molecule has 1 rings (SSSR count). The highest BCUT2D eigenvalue weighted by molar-refractivity contribution is 5.83. The van der Waals surface area contributed by atoms with Crippen LogP contribution in [0.2, 0.25) is 0 Å². The van der Waals surface area contributed by atoms with E-state index in [1.165, 1.54) is 0 Å². The van der Waals surface area contributed by atoms with Crippen molar-refractivity contribution in [2.24, 2.45) is 5.92 Å². The summed E-state index contributed by atoms with van der Waals surface area (Å²) in [5.41, 5.74) is 0.123. The molecule has 2 unspecified atom stereocenters. The average molecular weight is 401 g/mol. The van der Waals surface area contributed by atoms with E-state index in [0.29, 0.717) is 6.42 Å². The van der Waals surface area contributed by atoms with Crippen LogP contribution in [0.15, 0.2) is 24.3 Å². The van der Waals surface area contributed by atoms with Crippen molar-refractivity contribution in [1.82, 2.24) is 4.90 Å². The van der Waals surface area contributed by atoms with E-state index >= 15 is 0 Å². The number of hydrogen-bond donors (Lipinski definition) is 5. The first-order chi connectivity index (χ1) is 12.9. The first-order valence-electron chi connectivity index (χ1n) is 8.74. The summed E-state index contributed by atoms with van der Waals surface area (Å²) in [6, 6.07) is 7.72. The molecule has 5 N–H and O–H groups in total. The van der Waals surface area contributed by atoms with Crippen LogP contribution < -0.4 is 4.74 Å². The quantitative estimate of drug-likeness (QED) is 0.396. The highest BCUT2D eigenvalue weighted by Crippen LogP contribution is 2.34. The van der Waals surface area contributed by atoms with Crippen molar-refractivity contribution >= 4 is 11.9 Å². The zero-order valence-corrected chi connectivity index (χ0v) is 16.9. The van der Waals surface area contributed by atoms with Crippen LogP contribution in [0.4, 0.5) is 0 Å². The minimum Gasteiger partial charge on any atom is -0.497 e. The van der Waals surface area contributed by atoms with Gasteiger partial charge in [-0.05, 0) is 38.2 Å². The maximum absolute atomic E-state index is 10.9. The van der Waals surface area contributed by atoms with E-state index in [4.69, 9.17) is 25.2 Å². The van der Waals surface area contributed by atoms with E-state index in [9.17, 15) is 14.7 Å². The first kappa shape index (κ1) is 25.8. The number of rotatable bonds is 9. The number of carboxylic acids is 2. The van der Waals surface area contributed by atoms with E-state index < -0.39 is 29.7 Å². The Morgan fingerprint density at radius 3 is 2.00 bits per heavy atom. The van der Waals surface area contributed by atoms with Gasteiger partial charge in [-0.2, -0.15) is 0 Å². The monoisotopic (exact) mass is 401 g/mol. The van der Waals surface area contributed by atoms with Crippen LogP contribution in [0.5, 0.6) is 5.75 Å². The van der Waals surface area contributed by atoms with Gasteiger partial charge in [0, 0.05) is 12.5 Å². The number of methoxy groups -OCH3 is 1. The molecule has 1 aromatic carbocycles. The van der Waals surface area contributed by atoms with Crippen LogP contribution in [0.25, 0.3) is 0 Å². The summed E-state index contributed by atoms with van der Waals surface area (Å²) in [6.07, 6.45) is -3.84. The summed E-state index contributed by atoms with van der Waals surface area (Å²) in [4.78, 5) is 21.6. The van der Waals surface area contributed by atoms with Crippen molar-refractivity contribution in [1.29, 1.82) is 0 Å². The second kappa shape index (κ2) is 11.6. The van der Waals surface area contributed by atoms with Gasteiger partial charge in [0.1, 0.15) is 5.75 Å². The Labute approximate surface area is 164 Å². The van der Waals surface area contributed by atoms with Gasteiger partial charge < -0.3 is 35.2 Å². The lowest BCUT2D eigenvalue weighted by Gasteiger charge is -2.35. The smallest absolute Gasteiger partial charge is 0.335 e. The van der Waals surface area contributed by atoms with Crippen molar-refractivity contribution in [3.63, 3.8) is 0 Å². The topological polar surface area (TPSA) is 148 Å². The molecule has 0 aliphatic carbocycles. The van der Waals surface area contributed by atoms with E-state index in [1.54, 1.807) is 7.11 Å². The van der Waals surface area contributed by atoms with Crippen molar-refractivity contribution in [2.45, 2.75) is 38.1 Å². The summed E-state index contributed by atoms with van der Waals surface area (Å²) >= 11 is 0. The molecule has 0 saturated carbocycles. The van der Waals surface area contributed by atoms with Gasteiger partial charge in [0.25, 0.3) is 0 Å². The van der Waals surface area contributed by atoms with Gasteiger partial charge in [-0.3, -0.25) is 0 Å². The Hall–Kier alpha value is -2.20. The Bertz CT molecular complexity index is 618. The molecule has 160 valence electrons. The molecule has 0 aromatic heterocycles. The van der Waals surface area contributed by atoms with E-state index in [0.717, 1.165) is 17.9 Å². The summed E-state index contributed by atoms with van der Waals surface area (Å²) in [5.74, 6) is -2.59. The van der Waals surface area contributed by atoms with E-state index in [2.05, 4.69) is 11.8 Å². The van der Waals surface area contributed by atoms with Crippen molar-refractivity contribution in [2.75, 3.05) is 27.7 Å². The van der Waals surface area contributed by atoms with Crippen LogP contribution in [0.3, 0.4) is 0 Å². The fourth-order valence-corrected chi connectivity index (χ4v) is 2.70. The highest BCUT2D eigenvalue weighted by Gasteiger charge is 2.34. The minimum atomic E-state index is -2.27. The van der Waals surface area contributed by atoms with E-state index in [-0.39, 0.29) is 5.92 Å². The number of nitrogens with zero attached hydrogens (tertiary/aromatic N) is 1. The van der Waals surface area contributed by atoms with Gasteiger partial charge in [-0.15, -0.1) is 0 Å². The zero-order chi connectivity index (χ0) is 22.1. The Morgan fingerprint density at radius 1 is 1.14 bits per heavy atom. The molecule has 0 radical (unpaired) electrons. The Balaban J connectivity index is 0.000000621. The van der Waals surface area contributed by atoms with Gasteiger partial charge in [0.2, 0.25) is 0 Å². The second-order valence-electron chi connectivity index (χ2n) is 6.74. The number of aliphatic carboxylic acids is 2. The molecule has 0 fully saturated rings. The molecule has 28 heavy (non-hydrogen) atoms. The number of aliphatic hydroxyl groups is 3. The molecule has 0 heterocycles. The Morgan fingerprint density at radius 2 is 1.64 bits per heavy atom. The van der Waals surface area contributed by atoms with Crippen molar-refractivity contribution < 1.29 is 39.9 Å². The lowest BCUT2D eigenvalue weighted by atomic mass is 9.80. The predicted molar refractivity (Wildman–Crippen MR) is 102 cm³/mol. The molecule has 9 heteroatoms. The van der Waals surface area contributed by atoms with E-state index in [1.807, 2.05) is 45.3 Å². The lowest BCUT2D eigenvalue weighted by molar-refractivity contribution is -0.165. The van der Waals surface area contributed by atoms with Crippen LogP contribution in [0.1, 0.15) is 25.8 Å². The van der Waals surface area contributed by atoms with Gasteiger partial charge in [-0.1, -0.05) is 26.0 Å². The second-order valence-corrected chi connectivity index (χ2v) is 6.74. The third-order valence-corrected chi connectivity index (χ3v) is 4.37. The SMILES string of the molecule is CC[C@](O)(c1cccc(OC)c1)[C@H](C)CN(C)C.O=C(O)C(O)C(O)C(=O)O. The maximum atomic E-state index is 10.9. The standard InChI is InChI=1S/C15H25NO2.C4H6O6/c1-6-15(17,12(2)11-16(3)4)13-8-7-9-14(10-13)18-5;5-1(3(7)8)2(6)4(9)10/h7-10,12,17H,6,11H2,1-5H3;1-2,5-6H,(H,7,8)(H,9,10)/t12-,15-;/m1./s1. The van der Waals surface area contributed by atoms with Crippen molar-refractivity contribution in [3.05, 3.63) is 29.8 Å². The highest BCUT2D eigenvalue weighted by atomic mass is 16.5. The fraction of sp³-hybridized carbons (Fsp3) is 0.579. The van der Waals surface area contributed by atoms with Crippen LogP contribution in [-0.4, -0.2) is 82.3 Å². The van der Waals surface area contributed by atoms with Crippen LogP contribution >= 0.6 is 0 Å². The van der Waals surface area contributed by atoms with Gasteiger partial charge in [-0.25, -0.2) is 9.59 Å². The predicted octanol–water partition coefficient (Wildman–Crippen LogP) is 0.368. The third kappa shape index (κ3) is 7.43. The maximum Gasteiger partial charge on any atom is 0.335 e. The summed E-state index contributed by atoms with van der Waals surface area (Å²) in [5, 5.41) is 43.5. The number of ether oxygens (including phenoxy) is 1. The molecule has 0 aliphatic rings. The molecular formula is C19H31NO8. The zero-order valence-electron chi connectivity index (χ0n) is 16.9. The van der Waals surface area contributed by atoms with Gasteiger partial charge in [0.15, 0.2) is 12.2 Å². The Kier molecular flexibility index (Phi) is 10.7. The van der Waals surface area contributed by atoms with Crippen LogP contribution in [0, 0.1) is 5.92 Å². The first-order valence-corrected chi connectivity index (χ1v) is 8.74. The molecule has 0 spiro atoms. The summed E-state index contributed by atoms with van der Waals surface area (Å²) in [7, 11) is 5.70. The third-order valence-electron chi connectivity index (χ3n) is 4.37. The number of carbonyl (C=O) groups is 2. The number of aliphatic hydroxyl groups excluding tert-OH is 2. The average Bonchev–Trinajstić information content (AvgIpc) is 2.65. The molecule has 0 amide bonds. The van der Waals surface area contributed by atoms with Gasteiger partial charge in [0.05, 0.1) is 12.7 Å². The van der Waals surface area contributed by atoms with Gasteiger partial charge >= 0.3 is 11.9 Å². The molecule has 1 aromatic rings. The molecular weight excluding hydrogens is 370 g/mol. The summed E-state index contributed by atoms with van der Waals surface area (Å²) < 4.78 is 5.23. The number of benzene rings is 1. The molecule has 9 nitrogen and oxygen atoms in total. The molecule has 4 atom stereocenters. The molecule has 0 saturated heterocycles. The fourth-order valence-electron chi connectivity index (χ4n) is 2.70. The molecule has 0 aliphatic heterocycles. The minimum absolute atomic E-state index is 0.157. The van der Waals surface area contributed by atoms with Crippen molar-refractivity contribution in [3.8, 4) is 5.75 Å². The number of carboxylic acid groups (broad SMARTS) is 2. The normalized spacial score (nSPS) is 16.2. The lowest BCUT2D eigenvalue weighted by Crippen LogP contribution is -2.39. The molecule has 0 bridgehead atoms. The number of hydrogen-bond acceptors (Lipinski definition) is 7. The summed E-state index contributed by atoms with van der Waals surface area (Å²) in [6.45, 7) is 4.95. The van der Waals surface area contributed by atoms with Crippen LogP contribution in [-0.2, 0) is 15.2 Å². The largest absolute Gasteiger partial charge is 0.497 e.